The van der Waals surface area contributed by atoms with Crippen molar-refractivity contribution in [3.63, 3.8) is 0 Å². The van der Waals surface area contributed by atoms with Crippen molar-refractivity contribution in [3.8, 4) is 0 Å². The summed E-state index contributed by atoms with van der Waals surface area (Å²) in [6.45, 7) is 19.8. The Morgan fingerprint density at radius 2 is 1.50 bits per heavy atom. The third kappa shape index (κ3) is 2.73. The maximum absolute atomic E-state index is 10.9. The summed E-state index contributed by atoms with van der Waals surface area (Å²) in [6.07, 6.45) is 16.3. The van der Waals surface area contributed by atoms with E-state index in [1.165, 1.54) is 57.8 Å². The Kier molecular flexibility index (Phi) is 5.21. The van der Waals surface area contributed by atoms with E-state index < -0.39 is 0 Å². The standard InChI is InChI=1S/C31H52O/c1-20(2)21(3)9-10-22(4)23-13-15-29(8)25-12-11-24-27(5,6)26(32)14-16-30(24)19-31(25,30)18-17-28(23,29)7/h9,20,22-26,32H,10-19H2,1-8H3/b21-9+/t22-,23-,24+,25+,26+,28-,29+,30-,31+/m1/s1. The van der Waals surface area contributed by atoms with Gasteiger partial charge in [-0.2, -0.15) is 0 Å². The molecule has 5 rings (SSSR count). The topological polar surface area (TPSA) is 20.2 Å². The first-order chi connectivity index (χ1) is 14.9. The lowest BCUT2D eigenvalue weighted by Crippen LogP contribution is -2.57. The van der Waals surface area contributed by atoms with E-state index in [0.29, 0.717) is 27.6 Å². The number of allylic oxidation sites excluding steroid dienone is 2. The minimum atomic E-state index is -0.0872. The lowest BCUT2D eigenvalue weighted by Gasteiger charge is -2.63. The Labute approximate surface area is 199 Å². The predicted molar refractivity (Wildman–Crippen MR) is 135 cm³/mol. The molecule has 5 aliphatic carbocycles. The molecule has 32 heavy (non-hydrogen) atoms. The number of hydrogen-bond donors (Lipinski definition) is 1. The van der Waals surface area contributed by atoms with Gasteiger partial charge in [0.05, 0.1) is 6.10 Å². The number of aliphatic hydroxyl groups excluding tert-OH is 1. The molecule has 5 fully saturated rings. The molecule has 0 aliphatic heterocycles. The Morgan fingerprint density at radius 3 is 2.19 bits per heavy atom. The normalized spacial score (nSPS) is 52.6. The molecule has 1 heteroatoms. The minimum Gasteiger partial charge on any atom is -0.393 e. The Morgan fingerprint density at radius 1 is 0.844 bits per heavy atom. The fraction of sp³-hybridized carbons (Fsp3) is 0.935. The van der Waals surface area contributed by atoms with E-state index in [-0.39, 0.29) is 11.5 Å². The maximum Gasteiger partial charge on any atom is 0.0594 e. The van der Waals surface area contributed by atoms with Gasteiger partial charge in [0.25, 0.3) is 0 Å². The van der Waals surface area contributed by atoms with Crippen LogP contribution >= 0.6 is 0 Å². The van der Waals surface area contributed by atoms with Gasteiger partial charge >= 0.3 is 0 Å². The van der Waals surface area contributed by atoms with Gasteiger partial charge in [-0.3, -0.25) is 0 Å². The summed E-state index contributed by atoms with van der Waals surface area (Å²) in [5.74, 6) is 4.06. The molecule has 5 aliphatic rings. The van der Waals surface area contributed by atoms with E-state index in [1.54, 1.807) is 5.57 Å². The molecule has 0 radical (unpaired) electrons. The van der Waals surface area contributed by atoms with Crippen LogP contribution in [0.3, 0.4) is 0 Å². The first-order valence-corrected chi connectivity index (χ1v) is 14.2. The van der Waals surface area contributed by atoms with Gasteiger partial charge in [-0.15, -0.1) is 0 Å². The molecule has 1 N–H and O–H groups in total. The second-order valence-corrected chi connectivity index (χ2v) is 14.8. The van der Waals surface area contributed by atoms with Gasteiger partial charge in [0.1, 0.15) is 0 Å². The lowest BCUT2D eigenvalue weighted by atomic mass is 9.41. The van der Waals surface area contributed by atoms with Crippen molar-refractivity contribution >= 4 is 0 Å². The summed E-state index contributed by atoms with van der Waals surface area (Å²) < 4.78 is 0. The molecule has 0 aromatic rings. The summed E-state index contributed by atoms with van der Waals surface area (Å²) in [5, 5.41) is 10.9. The molecule has 0 amide bonds. The quantitative estimate of drug-likeness (QED) is 0.435. The maximum atomic E-state index is 10.9. The van der Waals surface area contributed by atoms with E-state index in [2.05, 4.69) is 61.5 Å². The van der Waals surface area contributed by atoms with Crippen LogP contribution in [0.15, 0.2) is 11.6 Å². The summed E-state index contributed by atoms with van der Waals surface area (Å²) in [4.78, 5) is 0. The Balaban J connectivity index is 1.41. The number of fused-ring (bicyclic) bond motifs is 2. The fourth-order valence-corrected chi connectivity index (χ4v) is 11.1. The molecule has 9 atom stereocenters. The molecule has 2 spiro atoms. The molecule has 0 aromatic carbocycles. The van der Waals surface area contributed by atoms with Crippen molar-refractivity contribution < 1.29 is 5.11 Å². The smallest absolute Gasteiger partial charge is 0.0594 e. The molecule has 5 saturated carbocycles. The summed E-state index contributed by atoms with van der Waals surface area (Å²) in [5.41, 5.74) is 3.92. The molecule has 0 saturated heterocycles. The largest absolute Gasteiger partial charge is 0.393 e. The third-order valence-electron chi connectivity index (χ3n) is 13.6. The number of rotatable bonds is 4. The first-order valence-electron chi connectivity index (χ1n) is 14.2. The molecule has 0 bridgehead atoms. The average Bonchev–Trinajstić information content (AvgIpc) is 3.31. The zero-order valence-corrected chi connectivity index (χ0v) is 22.6. The highest BCUT2D eigenvalue weighted by molar-refractivity contribution is 5.30. The number of aliphatic hydroxyl groups is 1. The van der Waals surface area contributed by atoms with E-state index in [1.807, 2.05) is 0 Å². The SMILES string of the molecule is C/C(=C\C[C@@H](C)[C@H]1CC[C@@]2(C)[C@@H]3CC[C@H]4C(C)(C)[C@@H](O)CC[C@@]45C[C@@]35CC[C@]12C)C(C)C. The van der Waals surface area contributed by atoms with Crippen molar-refractivity contribution in [2.45, 2.75) is 126 Å². The second-order valence-electron chi connectivity index (χ2n) is 14.8. The van der Waals surface area contributed by atoms with Gasteiger partial charge in [-0.05, 0) is 128 Å². The summed E-state index contributed by atoms with van der Waals surface area (Å²) >= 11 is 0. The molecular weight excluding hydrogens is 388 g/mol. The second kappa shape index (κ2) is 7.11. The zero-order chi connectivity index (χ0) is 23.3. The van der Waals surface area contributed by atoms with Crippen molar-refractivity contribution in [3.05, 3.63) is 11.6 Å². The summed E-state index contributed by atoms with van der Waals surface area (Å²) in [7, 11) is 0. The van der Waals surface area contributed by atoms with E-state index in [9.17, 15) is 5.11 Å². The van der Waals surface area contributed by atoms with Gasteiger partial charge in [0.2, 0.25) is 0 Å². The molecule has 0 heterocycles. The Hall–Kier alpha value is -0.300. The van der Waals surface area contributed by atoms with Crippen LogP contribution in [0.2, 0.25) is 0 Å². The van der Waals surface area contributed by atoms with Gasteiger partial charge in [-0.25, -0.2) is 0 Å². The van der Waals surface area contributed by atoms with Crippen LogP contribution in [-0.4, -0.2) is 11.2 Å². The van der Waals surface area contributed by atoms with Crippen LogP contribution in [0.1, 0.15) is 120 Å². The minimum absolute atomic E-state index is 0.0872. The molecule has 0 aromatic heterocycles. The average molecular weight is 441 g/mol. The highest BCUT2D eigenvalue weighted by Gasteiger charge is 2.82. The van der Waals surface area contributed by atoms with Crippen molar-refractivity contribution in [2.24, 2.45) is 56.7 Å². The molecule has 182 valence electrons. The van der Waals surface area contributed by atoms with Crippen LogP contribution in [0, 0.1) is 56.7 Å². The van der Waals surface area contributed by atoms with Crippen molar-refractivity contribution in [2.75, 3.05) is 0 Å². The van der Waals surface area contributed by atoms with E-state index >= 15 is 0 Å². The third-order valence-corrected chi connectivity index (χ3v) is 13.6. The molecule has 1 nitrogen and oxygen atoms in total. The predicted octanol–water partition coefficient (Wildman–Crippen LogP) is 8.41. The first kappa shape index (κ1) is 23.4. The van der Waals surface area contributed by atoms with Crippen LogP contribution in [-0.2, 0) is 0 Å². The highest BCUT2D eigenvalue weighted by Crippen LogP contribution is 2.89. The number of hydrogen-bond acceptors (Lipinski definition) is 1. The van der Waals surface area contributed by atoms with E-state index in [4.69, 9.17) is 0 Å². The molecular formula is C31H52O. The van der Waals surface area contributed by atoms with Gasteiger partial charge in [0, 0.05) is 0 Å². The van der Waals surface area contributed by atoms with Gasteiger partial charge < -0.3 is 5.11 Å². The monoisotopic (exact) mass is 440 g/mol. The molecule has 0 unspecified atom stereocenters. The Bertz CT molecular complexity index is 792. The zero-order valence-electron chi connectivity index (χ0n) is 22.6. The van der Waals surface area contributed by atoms with Gasteiger partial charge in [-0.1, -0.05) is 60.1 Å². The van der Waals surface area contributed by atoms with Gasteiger partial charge in [0.15, 0.2) is 0 Å². The van der Waals surface area contributed by atoms with Crippen LogP contribution < -0.4 is 0 Å². The van der Waals surface area contributed by atoms with E-state index in [0.717, 1.165) is 30.1 Å². The van der Waals surface area contributed by atoms with Crippen LogP contribution in [0.5, 0.6) is 0 Å². The van der Waals surface area contributed by atoms with Crippen molar-refractivity contribution in [1.82, 2.24) is 0 Å². The van der Waals surface area contributed by atoms with Crippen LogP contribution in [0.25, 0.3) is 0 Å². The van der Waals surface area contributed by atoms with Crippen molar-refractivity contribution in [1.29, 1.82) is 0 Å². The fourth-order valence-electron chi connectivity index (χ4n) is 11.1. The summed E-state index contributed by atoms with van der Waals surface area (Å²) in [6, 6.07) is 0. The lowest BCUT2D eigenvalue weighted by molar-refractivity contribution is -0.161. The highest BCUT2D eigenvalue weighted by atomic mass is 16.3. The van der Waals surface area contributed by atoms with Crippen LogP contribution in [0.4, 0.5) is 0 Å².